The van der Waals surface area contributed by atoms with E-state index in [1.807, 2.05) is 0 Å². The number of carbonyl (C=O) groups excluding carboxylic acids is 1. The molecule has 0 saturated carbocycles. The average molecular weight is 310 g/mol. The van der Waals surface area contributed by atoms with Crippen molar-refractivity contribution in [2.45, 2.75) is 37.8 Å². The zero-order valence-electron chi connectivity index (χ0n) is 11.4. The van der Waals surface area contributed by atoms with Gasteiger partial charge in [-0.15, -0.1) is 0 Å². The normalized spacial score (nSPS) is 11.9. The van der Waals surface area contributed by atoms with Gasteiger partial charge < -0.3 is 38.7 Å². The van der Waals surface area contributed by atoms with Gasteiger partial charge in [-0.05, 0) is 12.8 Å². The number of carboxylic acid groups (broad SMARTS) is 3. The lowest BCUT2D eigenvalue weighted by Gasteiger charge is -2.01. The highest BCUT2D eigenvalue weighted by Crippen LogP contribution is 1.93. The van der Waals surface area contributed by atoms with Crippen LogP contribution in [0.3, 0.4) is 0 Å². The van der Waals surface area contributed by atoms with Gasteiger partial charge in [0, 0.05) is 12.8 Å². The van der Waals surface area contributed by atoms with E-state index in [9.17, 15) is 19.2 Å². The Morgan fingerprint density at radius 2 is 1.14 bits per heavy atom. The first kappa shape index (κ1) is 23.8. The number of hydrogen-bond donors (Lipinski definition) is 7. The molecule has 0 bridgehead atoms. The van der Waals surface area contributed by atoms with Crippen LogP contribution in [0.25, 0.3) is 0 Å². The quantitative estimate of drug-likeness (QED) is 0.262. The number of hydrogen-bond acceptors (Lipinski definition) is 7. The van der Waals surface area contributed by atoms with Crippen LogP contribution in [-0.4, -0.2) is 51.2 Å². The van der Waals surface area contributed by atoms with Crippen molar-refractivity contribution in [3.63, 3.8) is 0 Å². The highest BCUT2D eigenvalue weighted by Gasteiger charge is 2.12. The molecule has 0 aliphatic heterocycles. The summed E-state index contributed by atoms with van der Waals surface area (Å²) in [4.78, 5) is 40.0. The van der Waals surface area contributed by atoms with E-state index in [0.29, 0.717) is 0 Å². The van der Waals surface area contributed by atoms with Gasteiger partial charge in [0.25, 0.3) is 0 Å². The van der Waals surface area contributed by atoms with Crippen molar-refractivity contribution in [2.75, 3.05) is 0 Å². The van der Waals surface area contributed by atoms with Crippen molar-refractivity contribution in [1.29, 1.82) is 0 Å². The molecule has 21 heavy (non-hydrogen) atoms. The number of carbonyl (C=O) groups is 4. The summed E-state index contributed by atoms with van der Waals surface area (Å²) in [6.07, 6.45) is -0.101. The number of carboxylic acids is 3. The number of amides is 1. The Balaban J connectivity index is -0.000000295. The highest BCUT2D eigenvalue weighted by molar-refractivity contribution is 5.77. The van der Waals surface area contributed by atoms with Crippen molar-refractivity contribution in [1.82, 2.24) is 6.15 Å². The van der Waals surface area contributed by atoms with Crippen LogP contribution in [0, 0.1) is 0 Å². The molecule has 2 atom stereocenters. The van der Waals surface area contributed by atoms with Gasteiger partial charge in [0.1, 0.15) is 12.1 Å². The highest BCUT2D eigenvalue weighted by atomic mass is 16.4. The summed E-state index contributed by atoms with van der Waals surface area (Å²) in [7, 11) is 0. The summed E-state index contributed by atoms with van der Waals surface area (Å²) in [5.74, 6) is -3.84. The molecule has 0 radical (unpaired) electrons. The van der Waals surface area contributed by atoms with Crippen LogP contribution in [0.2, 0.25) is 0 Å². The maximum Gasteiger partial charge on any atom is 0.320 e. The van der Waals surface area contributed by atoms with E-state index in [1.54, 1.807) is 0 Å². The minimum Gasteiger partial charge on any atom is -0.481 e. The molecule has 0 spiro atoms. The summed E-state index contributed by atoms with van der Waals surface area (Å²) in [6.45, 7) is 0. The minimum absolute atomic E-state index is 0. The second-order valence-corrected chi connectivity index (χ2v) is 3.83. The molecule has 0 aliphatic rings. The largest absolute Gasteiger partial charge is 0.481 e. The first-order chi connectivity index (χ1) is 9.07. The second-order valence-electron chi connectivity index (χ2n) is 3.83. The molecule has 0 aliphatic carbocycles. The summed E-state index contributed by atoms with van der Waals surface area (Å²) in [5.41, 5.74) is 14.8. The van der Waals surface area contributed by atoms with Crippen LogP contribution in [0.15, 0.2) is 0 Å². The van der Waals surface area contributed by atoms with Gasteiger partial charge in [-0.1, -0.05) is 0 Å². The summed E-state index contributed by atoms with van der Waals surface area (Å²) >= 11 is 0. The van der Waals surface area contributed by atoms with Crippen LogP contribution < -0.4 is 23.4 Å². The molecule has 124 valence electrons. The van der Waals surface area contributed by atoms with Gasteiger partial charge in [0.2, 0.25) is 5.91 Å². The fourth-order valence-electron chi connectivity index (χ4n) is 0.824. The maximum atomic E-state index is 10.1. The number of aliphatic carboxylic acids is 3. The van der Waals surface area contributed by atoms with Gasteiger partial charge in [-0.2, -0.15) is 0 Å². The van der Waals surface area contributed by atoms with Gasteiger partial charge in [0.15, 0.2) is 0 Å². The summed E-state index contributed by atoms with van der Waals surface area (Å²) in [6, 6.07) is -2.04. The van der Waals surface area contributed by atoms with Gasteiger partial charge in [-0.3, -0.25) is 19.2 Å². The Kier molecular flexibility index (Phi) is 14.5. The predicted octanol–water partition coefficient (Wildman–Crippen LogP) is -1.91. The van der Waals surface area contributed by atoms with E-state index in [4.69, 9.17) is 32.5 Å². The van der Waals surface area contributed by atoms with Crippen LogP contribution in [0.1, 0.15) is 25.7 Å². The van der Waals surface area contributed by atoms with Gasteiger partial charge in [0.05, 0.1) is 0 Å². The SMILES string of the molecule is N.NC(=O)CC[C@H](N)C(=O)O.N[C@@H](CCC(=O)O)C(=O)O. The zero-order chi connectivity index (χ0) is 16.3. The van der Waals surface area contributed by atoms with E-state index in [0.717, 1.165) is 0 Å². The predicted molar refractivity (Wildman–Crippen MR) is 71.5 cm³/mol. The Morgan fingerprint density at radius 3 is 1.38 bits per heavy atom. The van der Waals surface area contributed by atoms with Crippen molar-refractivity contribution in [3.8, 4) is 0 Å². The maximum absolute atomic E-state index is 10.1. The fourth-order valence-corrected chi connectivity index (χ4v) is 0.824. The second kappa shape index (κ2) is 12.8. The third kappa shape index (κ3) is 17.8. The van der Waals surface area contributed by atoms with Crippen LogP contribution in [0.5, 0.6) is 0 Å². The molecule has 0 aromatic heterocycles. The molecule has 1 amide bonds. The molecule has 11 nitrogen and oxygen atoms in total. The molecule has 0 fully saturated rings. The van der Waals surface area contributed by atoms with Gasteiger partial charge >= 0.3 is 17.9 Å². The smallest absolute Gasteiger partial charge is 0.320 e. The molecular weight excluding hydrogens is 288 g/mol. The lowest BCUT2D eigenvalue weighted by molar-refractivity contribution is -0.140. The monoisotopic (exact) mass is 310 g/mol. The molecule has 11 heteroatoms. The van der Waals surface area contributed by atoms with E-state index in [2.05, 4.69) is 0 Å². The zero-order valence-corrected chi connectivity index (χ0v) is 11.4. The number of primary amides is 1. The molecule has 0 rings (SSSR count). The van der Waals surface area contributed by atoms with E-state index < -0.39 is 35.9 Å². The Morgan fingerprint density at radius 1 is 0.810 bits per heavy atom. The van der Waals surface area contributed by atoms with Crippen LogP contribution >= 0.6 is 0 Å². The topological polar surface area (TPSA) is 242 Å². The molecule has 0 aromatic carbocycles. The van der Waals surface area contributed by atoms with Crippen molar-refractivity contribution in [3.05, 3.63) is 0 Å². The van der Waals surface area contributed by atoms with Crippen LogP contribution in [0.4, 0.5) is 0 Å². The van der Waals surface area contributed by atoms with E-state index >= 15 is 0 Å². The van der Waals surface area contributed by atoms with Crippen molar-refractivity contribution < 1.29 is 34.5 Å². The molecule has 0 aromatic rings. The lowest BCUT2D eigenvalue weighted by atomic mass is 10.2. The molecular formula is C10H22N4O7. The average Bonchev–Trinajstić information content (AvgIpc) is 2.33. The Hall–Kier alpha value is -2.24. The summed E-state index contributed by atoms with van der Waals surface area (Å²) < 4.78 is 0. The first-order valence-corrected chi connectivity index (χ1v) is 5.54. The first-order valence-electron chi connectivity index (χ1n) is 5.54. The van der Waals surface area contributed by atoms with Crippen LogP contribution in [-0.2, 0) is 19.2 Å². The third-order valence-corrected chi connectivity index (χ3v) is 2.01. The Labute approximate surface area is 120 Å². The summed E-state index contributed by atoms with van der Waals surface area (Å²) in [5, 5.41) is 24.5. The van der Waals surface area contributed by atoms with Crippen molar-refractivity contribution >= 4 is 23.8 Å². The third-order valence-electron chi connectivity index (χ3n) is 2.01. The van der Waals surface area contributed by atoms with Crippen molar-refractivity contribution in [2.24, 2.45) is 17.2 Å². The number of rotatable bonds is 8. The molecule has 12 N–H and O–H groups in total. The Bertz CT molecular complexity index is 327. The molecule has 0 heterocycles. The van der Waals surface area contributed by atoms with E-state index in [1.165, 1.54) is 0 Å². The fraction of sp³-hybridized carbons (Fsp3) is 0.600. The van der Waals surface area contributed by atoms with Gasteiger partial charge in [-0.25, -0.2) is 0 Å². The van der Waals surface area contributed by atoms with E-state index in [-0.39, 0.29) is 31.8 Å². The number of nitrogens with two attached hydrogens (primary N) is 3. The molecule has 0 unspecified atom stereocenters. The molecule has 0 saturated heterocycles. The minimum atomic E-state index is -1.17. The standard InChI is InChI=1S/C5H10N2O3.C5H9NO4.H3N/c2*6-3(5(9)10)1-2-4(7)8;/h3H,1-2,6H2,(H2,7,8)(H,9,10);3H,1-2,6H2,(H,7,8)(H,9,10);1H3/t2*3-;/m00./s1. The lowest BCUT2D eigenvalue weighted by Crippen LogP contribution is -2.31.